The van der Waals surface area contributed by atoms with Gasteiger partial charge in [0, 0.05) is 18.3 Å². The minimum atomic E-state index is -0.0603. The van der Waals surface area contributed by atoms with Gasteiger partial charge in [0.25, 0.3) is 11.8 Å². The third kappa shape index (κ3) is 5.34. The first-order chi connectivity index (χ1) is 11.5. The van der Waals surface area contributed by atoms with E-state index in [9.17, 15) is 9.59 Å². The molecule has 0 saturated carbocycles. The number of likely N-dealkylation sites (tertiary alicyclic amines) is 1. The van der Waals surface area contributed by atoms with Gasteiger partial charge in [0.15, 0.2) is 13.1 Å². The average Bonchev–Trinajstić information content (AvgIpc) is 2.56. The van der Waals surface area contributed by atoms with Gasteiger partial charge in [-0.25, -0.2) is 0 Å². The predicted octanol–water partition coefficient (Wildman–Crippen LogP) is 1.24. The number of quaternary nitrogens is 1. The molecule has 1 aromatic carbocycles. The summed E-state index contributed by atoms with van der Waals surface area (Å²) in [5.41, 5.74) is 1.96. The molecular weight excluding hydrogens is 302 g/mol. The molecule has 2 atom stereocenters. The predicted molar refractivity (Wildman–Crippen MR) is 96.1 cm³/mol. The van der Waals surface area contributed by atoms with Crippen molar-refractivity contribution in [2.45, 2.75) is 45.6 Å². The van der Waals surface area contributed by atoms with Gasteiger partial charge in [-0.05, 0) is 44.7 Å². The molecule has 5 nitrogen and oxygen atoms in total. The Bertz CT molecular complexity index is 556. The van der Waals surface area contributed by atoms with Crippen molar-refractivity contribution in [3.63, 3.8) is 0 Å². The van der Waals surface area contributed by atoms with Crippen molar-refractivity contribution in [3.05, 3.63) is 29.8 Å². The van der Waals surface area contributed by atoms with Crippen LogP contribution in [0.3, 0.4) is 0 Å². The van der Waals surface area contributed by atoms with Crippen LogP contribution in [0.15, 0.2) is 24.3 Å². The van der Waals surface area contributed by atoms with E-state index in [-0.39, 0.29) is 11.8 Å². The first-order valence-corrected chi connectivity index (χ1v) is 8.97. The molecule has 0 spiro atoms. The third-order valence-electron chi connectivity index (χ3n) is 4.67. The highest BCUT2D eigenvalue weighted by molar-refractivity contribution is 5.91. The monoisotopic (exact) mass is 332 g/mol. The van der Waals surface area contributed by atoms with Gasteiger partial charge >= 0.3 is 0 Å². The fraction of sp³-hybridized carbons (Fsp3) is 0.579. The lowest BCUT2D eigenvalue weighted by Crippen LogP contribution is -3.11. The van der Waals surface area contributed by atoms with Crippen molar-refractivity contribution < 1.29 is 14.5 Å². The molecule has 2 N–H and O–H groups in total. The normalized spacial score (nSPS) is 19.0. The van der Waals surface area contributed by atoms with Crippen LogP contribution in [0.2, 0.25) is 0 Å². The number of aryl methyl sites for hydroxylation is 1. The van der Waals surface area contributed by atoms with Crippen LogP contribution in [0.25, 0.3) is 0 Å². The molecule has 1 saturated heterocycles. The minimum Gasteiger partial charge on any atom is -0.335 e. The summed E-state index contributed by atoms with van der Waals surface area (Å²) in [6.45, 7) is 5.68. The Morgan fingerprint density at radius 3 is 2.58 bits per heavy atom. The molecule has 1 aliphatic heterocycles. The molecule has 0 aromatic heterocycles. The van der Waals surface area contributed by atoms with Crippen molar-refractivity contribution in [2.75, 3.05) is 32.0 Å². The van der Waals surface area contributed by atoms with Gasteiger partial charge in [-0.1, -0.05) is 24.6 Å². The van der Waals surface area contributed by atoms with Crippen LogP contribution < -0.4 is 10.2 Å². The van der Waals surface area contributed by atoms with Crippen LogP contribution in [0.1, 0.15) is 38.2 Å². The zero-order valence-corrected chi connectivity index (χ0v) is 15.1. The second kappa shape index (κ2) is 8.83. The van der Waals surface area contributed by atoms with E-state index in [1.54, 1.807) is 0 Å². The van der Waals surface area contributed by atoms with Crippen LogP contribution in [0.5, 0.6) is 0 Å². The first kappa shape index (κ1) is 18.5. The second-order valence-corrected chi connectivity index (χ2v) is 6.87. The Balaban J connectivity index is 1.81. The number of rotatable bonds is 6. The number of carbonyl (C=O) groups is 2. The summed E-state index contributed by atoms with van der Waals surface area (Å²) < 4.78 is 0. The number of benzene rings is 1. The number of carbonyl (C=O) groups excluding carboxylic acids is 2. The highest BCUT2D eigenvalue weighted by Gasteiger charge is 2.27. The fourth-order valence-corrected chi connectivity index (χ4v) is 3.29. The number of anilines is 1. The molecule has 24 heavy (non-hydrogen) atoms. The van der Waals surface area contributed by atoms with Crippen LogP contribution in [0.4, 0.5) is 5.69 Å². The Labute approximate surface area is 145 Å². The molecule has 0 bridgehead atoms. The summed E-state index contributed by atoms with van der Waals surface area (Å²) in [7, 11) is 1.90. The maximum absolute atomic E-state index is 12.5. The fourth-order valence-electron chi connectivity index (χ4n) is 3.29. The standard InChI is InChI=1S/C19H29N3O2/c1-4-17-7-5-6-12-22(17)19(24)14-21(3)13-18(23)20-16-10-8-15(2)9-11-16/h8-11,17H,4-7,12-14H2,1-3H3,(H,20,23)/p+1/t17-/m1/s1. The quantitative estimate of drug-likeness (QED) is 0.823. The van der Waals surface area contributed by atoms with Gasteiger partial charge in [-0.15, -0.1) is 0 Å². The highest BCUT2D eigenvalue weighted by atomic mass is 16.2. The van der Waals surface area contributed by atoms with Crippen LogP contribution >= 0.6 is 0 Å². The Hall–Kier alpha value is -1.88. The van der Waals surface area contributed by atoms with Gasteiger partial charge in [-0.2, -0.15) is 0 Å². The molecule has 0 aliphatic carbocycles. The Kier molecular flexibility index (Phi) is 6.79. The number of nitrogens with one attached hydrogen (secondary N) is 2. The lowest BCUT2D eigenvalue weighted by Gasteiger charge is -2.35. The van der Waals surface area contributed by atoms with Crippen LogP contribution in [0, 0.1) is 6.92 Å². The maximum atomic E-state index is 12.5. The molecular formula is C19H30N3O2+. The molecule has 1 unspecified atom stereocenters. The summed E-state index contributed by atoms with van der Waals surface area (Å²) in [6, 6.07) is 8.11. The van der Waals surface area contributed by atoms with Gasteiger partial charge in [0.1, 0.15) is 0 Å². The SMILES string of the molecule is CC[C@@H]1CCCCN1C(=O)C[NH+](C)CC(=O)Nc1ccc(C)cc1. The molecule has 2 rings (SSSR count). The summed E-state index contributed by atoms with van der Waals surface area (Å²) in [5, 5.41) is 2.89. The van der Waals surface area contributed by atoms with E-state index in [1.807, 2.05) is 43.1 Å². The van der Waals surface area contributed by atoms with E-state index in [0.29, 0.717) is 19.1 Å². The van der Waals surface area contributed by atoms with Crippen molar-refractivity contribution in [3.8, 4) is 0 Å². The second-order valence-electron chi connectivity index (χ2n) is 6.87. The summed E-state index contributed by atoms with van der Waals surface area (Å²) in [6.07, 6.45) is 4.42. The lowest BCUT2D eigenvalue weighted by molar-refractivity contribution is -0.862. The molecule has 1 heterocycles. The maximum Gasteiger partial charge on any atom is 0.279 e. The molecule has 1 aromatic rings. The summed E-state index contributed by atoms with van der Waals surface area (Å²) >= 11 is 0. The number of hydrogen-bond acceptors (Lipinski definition) is 2. The van der Waals surface area contributed by atoms with Crippen molar-refractivity contribution >= 4 is 17.5 Å². The van der Waals surface area contributed by atoms with E-state index < -0.39 is 0 Å². The summed E-state index contributed by atoms with van der Waals surface area (Å²) in [5.74, 6) is 0.108. The smallest absolute Gasteiger partial charge is 0.279 e. The molecule has 1 aliphatic rings. The van der Waals surface area contributed by atoms with Crippen molar-refractivity contribution in [1.29, 1.82) is 0 Å². The molecule has 1 fully saturated rings. The topological polar surface area (TPSA) is 53.9 Å². The number of piperidine rings is 1. The third-order valence-corrected chi connectivity index (χ3v) is 4.67. The van der Waals surface area contributed by atoms with Gasteiger partial charge in [-0.3, -0.25) is 9.59 Å². The molecule has 132 valence electrons. The number of likely N-dealkylation sites (N-methyl/N-ethyl adjacent to an activating group) is 1. The van der Waals surface area contributed by atoms with E-state index in [0.717, 1.165) is 42.0 Å². The Morgan fingerprint density at radius 2 is 1.92 bits per heavy atom. The number of amides is 2. The molecule has 2 amide bonds. The lowest BCUT2D eigenvalue weighted by atomic mass is 10.00. The minimum absolute atomic E-state index is 0.0603. The molecule has 0 radical (unpaired) electrons. The number of hydrogen-bond donors (Lipinski definition) is 2. The van der Waals surface area contributed by atoms with Gasteiger partial charge < -0.3 is 15.1 Å². The highest BCUT2D eigenvalue weighted by Crippen LogP contribution is 2.19. The number of nitrogens with zero attached hydrogens (tertiary/aromatic N) is 1. The van der Waals surface area contributed by atoms with E-state index in [4.69, 9.17) is 0 Å². The van der Waals surface area contributed by atoms with Crippen LogP contribution in [-0.2, 0) is 9.59 Å². The zero-order valence-electron chi connectivity index (χ0n) is 15.1. The summed E-state index contributed by atoms with van der Waals surface area (Å²) in [4.78, 5) is 27.6. The van der Waals surface area contributed by atoms with Crippen molar-refractivity contribution in [2.24, 2.45) is 0 Å². The van der Waals surface area contributed by atoms with Crippen molar-refractivity contribution in [1.82, 2.24) is 4.90 Å². The van der Waals surface area contributed by atoms with Gasteiger partial charge in [0.2, 0.25) is 0 Å². The van der Waals surface area contributed by atoms with E-state index in [1.165, 1.54) is 6.42 Å². The first-order valence-electron chi connectivity index (χ1n) is 8.97. The van der Waals surface area contributed by atoms with E-state index >= 15 is 0 Å². The Morgan fingerprint density at radius 1 is 1.21 bits per heavy atom. The molecule has 5 heteroatoms. The van der Waals surface area contributed by atoms with Crippen LogP contribution in [-0.4, -0.2) is 49.4 Å². The van der Waals surface area contributed by atoms with Gasteiger partial charge in [0.05, 0.1) is 7.05 Å². The van der Waals surface area contributed by atoms with E-state index in [2.05, 4.69) is 12.2 Å². The largest absolute Gasteiger partial charge is 0.335 e. The average molecular weight is 332 g/mol. The zero-order chi connectivity index (χ0) is 17.5.